The lowest BCUT2D eigenvalue weighted by molar-refractivity contribution is -0.121. The van der Waals surface area contributed by atoms with Crippen molar-refractivity contribution >= 4 is 11.6 Å². The van der Waals surface area contributed by atoms with Gasteiger partial charge in [-0.3, -0.25) is 4.79 Å². The summed E-state index contributed by atoms with van der Waals surface area (Å²) in [5.74, 6) is 0.311. The molecule has 1 aromatic rings. The smallest absolute Gasteiger partial charge is 0.229 e. The quantitative estimate of drug-likeness (QED) is 0.919. The van der Waals surface area contributed by atoms with Crippen molar-refractivity contribution in [2.45, 2.75) is 26.7 Å². The Hall–Kier alpha value is -1.39. The van der Waals surface area contributed by atoms with Crippen LogP contribution in [0.15, 0.2) is 18.2 Å². The van der Waals surface area contributed by atoms with Gasteiger partial charge in [0.05, 0.1) is 0 Å². The molecule has 1 saturated heterocycles. The maximum Gasteiger partial charge on any atom is 0.229 e. The lowest BCUT2D eigenvalue weighted by atomic mass is 10.1. The van der Waals surface area contributed by atoms with Gasteiger partial charge in [-0.15, -0.1) is 0 Å². The third-order valence-corrected chi connectivity index (χ3v) is 4.73. The Kier molecular flexibility index (Phi) is 4.79. The van der Waals surface area contributed by atoms with E-state index in [2.05, 4.69) is 28.4 Å². The van der Waals surface area contributed by atoms with Gasteiger partial charge >= 0.3 is 0 Å². The summed E-state index contributed by atoms with van der Waals surface area (Å²) in [7, 11) is 0. The molecule has 0 saturated carbocycles. The predicted molar refractivity (Wildman–Crippen MR) is 90.4 cm³/mol. The Morgan fingerprint density at radius 1 is 1.23 bits per heavy atom. The van der Waals surface area contributed by atoms with Crippen molar-refractivity contribution in [2.75, 3.05) is 44.2 Å². The van der Waals surface area contributed by atoms with Gasteiger partial charge in [-0.1, -0.05) is 26.0 Å². The van der Waals surface area contributed by atoms with E-state index >= 15 is 0 Å². The zero-order chi connectivity index (χ0) is 15.5. The first-order valence-corrected chi connectivity index (χ1v) is 8.51. The molecular weight excluding hydrogens is 274 g/mol. The fourth-order valence-corrected chi connectivity index (χ4v) is 3.37. The number of amides is 1. The number of carbonyl (C=O) groups is 1. The Balaban J connectivity index is 1.63. The third-order valence-electron chi connectivity index (χ3n) is 4.73. The van der Waals surface area contributed by atoms with Crippen molar-refractivity contribution < 1.29 is 4.79 Å². The Morgan fingerprint density at radius 3 is 2.73 bits per heavy atom. The van der Waals surface area contributed by atoms with Crippen LogP contribution >= 0.6 is 0 Å². The van der Waals surface area contributed by atoms with Gasteiger partial charge in [0.15, 0.2) is 0 Å². The van der Waals surface area contributed by atoms with Crippen molar-refractivity contribution in [1.29, 1.82) is 0 Å². The van der Waals surface area contributed by atoms with Gasteiger partial charge in [0, 0.05) is 50.9 Å². The summed E-state index contributed by atoms with van der Waals surface area (Å²) < 4.78 is 0. The first-order chi connectivity index (χ1) is 10.6. The molecule has 0 bridgehead atoms. The Morgan fingerprint density at radius 2 is 2.00 bits per heavy atom. The minimum atomic E-state index is 0.0679. The van der Waals surface area contributed by atoms with Crippen LogP contribution in [0.4, 0.5) is 5.69 Å². The lowest BCUT2D eigenvalue weighted by Gasteiger charge is -2.27. The Labute approximate surface area is 133 Å². The minimum absolute atomic E-state index is 0.0679. The van der Waals surface area contributed by atoms with E-state index in [1.807, 2.05) is 18.7 Å². The van der Waals surface area contributed by atoms with E-state index in [0.29, 0.717) is 0 Å². The van der Waals surface area contributed by atoms with Crippen molar-refractivity contribution in [3.8, 4) is 0 Å². The average molecular weight is 301 g/mol. The van der Waals surface area contributed by atoms with Crippen molar-refractivity contribution in [3.63, 3.8) is 0 Å². The summed E-state index contributed by atoms with van der Waals surface area (Å²) in [6.07, 6.45) is 2.10. The molecule has 0 aromatic heterocycles. The van der Waals surface area contributed by atoms with Crippen LogP contribution in [0.25, 0.3) is 0 Å². The summed E-state index contributed by atoms with van der Waals surface area (Å²) in [6.45, 7) is 10.4. The van der Waals surface area contributed by atoms with Crippen LogP contribution < -0.4 is 10.2 Å². The first kappa shape index (κ1) is 15.5. The van der Waals surface area contributed by atoms with Crippen LogP contribution in [0.3, 0.4) is 0 Å². The van der Waals surface area contributed by atoms with Crippen LogP contribution in [0, 0.1) is 5.92 Å². The predicted octanol–water partition coefficient (Wildman–Crippen LogP) is 1.68. The molecule has 2 heterocycles. The molecule has 2 aliphatic rings. The summed E-state index contributed by atoms with van der Waals surface area (Å²) in [4.78, 5) is 16.7. The van der Waals surface area contributed by atoms with E-state index < -0.39 is 0 Å². The van der Waals surface area contributed by atoms with E-state index in [0.717, 1.165) is 57.8 Å². The summed E-state index contributed by atoms with van der Waals surface area (Å²) in [5.41, 5.74) is 3.87. The van der Waals surface area contributed by atoms with E-state index in [-0.39, 0.29) is 11.8 Å². The molecular formula is C18H27N3O. The van der Waals surface area contributed by atoms with Crippen LogP contribution in [0.1, 0.15) is 25.0 Å². The normalized spacial score (nSPS) is 18.8. The topological polar surface area (TPSA) is 35.6 Å². The summed E-state index contributed by atoms with van der Waals surface area (Å²) in [6, 6.07) is 6.66. The molecule has 1 fully saturated rings. The van der Waals surface area contributed by atoms with Crippen molar-refractivity contribution in [3.05, 3.63) is 29.3 Å². The van der Waals surface area contributed by atoms with Gasteiger partial charge in [0.1, 0.15) is 0 Å². The average Bonchev–Trinajstić information content (AvgIpc) is 2.96. The second kappa shape index (κ2) is 6.80. The number of hydrogen-bond donors (Lipinski definition) is 1. The molecule has 0 aliphatic carbocycles. The molecule has 4 nitrogen and oxygen atoms in total. The number of nitrogens with zero attached hydrogens (tertiary/aromatic N) is 2. The molecule has 120 valence electrons. The molecule has 0 atom stereocenters. The summed E-state index contributed by atoms with van der Waals surface area (Å²) >= 11 is 0. The molecule has 1 aromatic carbocycles. The van der Waals surface area contributed by atoms with Crippen LogP contribution in [0.2, 0.25) is 0 Å². The second-order valence-electron chi connectivity index (χ2n) is 6.70. The number of hydrogen-bond acceptors (Lipinski definition) is 3. The highest BCUT2D eigenvalue weighted by molar-refractivity contribution is 5.96. The number of rotatable bonds is 4. The monoisotopic (exact) mass is 301 g/mol. The number of nitrogens with one attached hydrogen (secondary N) is 1. The molecule has 4 heteroatoms. The number of carbonyl (C=O) groups excluding carboxylic acids is 1. The molecule has 22 heavy (non-hydrogen) atoms. The fraction of sp³-hybridized carbons (Fsp3) is 0.611. The number of piperazine rings is 1. The SMILES string of the molecule is CC(C)C(=O)N1CCc2cc(CCN3CCNCC3)ccc21. The van der Waals surface area contributed by atoms with Gasteiger partial charge in [-0.2, -0.15) is 0 Å². The zero-order valence-electron chi connectivity index (χ0n) is 13.8. The molecule has 1 N–H and O–H groups in total. The number of benzene rings is 1. The number of anilines is 1. The molecule has 0 spiro atoms. The van der Waals surface area contributed by atoms with Gasteiger partial charge in [-0.25, -0.2) is 0 Å². The van der Waals surface area contributed by atoms with Crippen LogP contribution in [-0.2, 0) is 17.6 Å². The fourth-order valence-electron chi connectivity index (χ4n) is 3.37. The second-order valence-corrected chi connectivity index (χ2v) is 6.70. The Bertz CT molecular complexity index is 535. The highest BCUT2D eigenvalue weighted by atomic mass is 16.2. The van der Waals surface area contributed by atoms with Gasteiger partial charge in [0.2, 0.25) is 5.91 Å². The zero-order valence-corrected chi connectivity index (χ0v) is 13.8. The van der Waals surface area contributed by atoms with E-state index in [1.54, 1.807) is 0 Å². The van der Waals surface area contributed by atoms with Gasteiger partial charge in [0.25, 0.3) is 0 Å². The number of fused-ring (bicyclic) bond motifs is 1. The highest BCUT2D eigenvalue weighted by Crippen LogP contribution is 2.30. The molecule has 0 unspecified atom stereocenters. The minimum Gasteiger partial charge on any atom is -0.314 e. The van der Waals surface area contributed by atoms with E-state index in [4.69, 9.17) is 0 Å². The van der Waals surface area contributed by atoms with Crippen LogP contribution in [0.5, 0.6) is 0 Å². The first-order valence-electron chi connectivity index (χ1n) is 8.51. The van der Waals surface area contributed by atoms with Crippen LogP contribution in [-0.4, -0.2) is 50.1 Å². The lowest BCUT2D eigenvalue weighted by Crippen LogP contribution is -2.44. The molecule has 3 rings (SSSR count). The van der Waals surface area contributed by atoms with Gasteiger partial charge in [-0.05, 0) is 30.0 Å². The summed E-state index contributed by atoms with van der Waals surface area (Å²) in [5, 5.41) is 3.39. The standard InChI is InChI=1S/C18H27N3O/c1-14(2)18(22)21-10-6-16-13-15(3-4-17(16)21)5-9-20-11-7-19-8-12-20/h3-4,13-14,19H,5-12H2,1-2H3. The maximum absolute atomic E-state index is 12.2. The van der Waals surface area contributed by atoms with E-state index in [9.17, 15) is 4.79 Å². The molecule has 2 aliphatic heterocycles. The highest BCUT2D eigenvalue weighted by Gasteiger charge is 2.26. The largest absolute Gasteiger partial charge is 0.314 e. The molecule has 0 radical (unpaired) electrons. The maximum atomic E-state index is 12.2. The van der Waals surface area contributed by atoms with Crippen molar-refractivity contribution in [1.82, 2.24) is 10.2 Å². The molecule has 1 amide bonds. The van der Waals surface area contributed by atoms with Crippen molar-refractivity contribution in [2.24, 2.45) is 5.92 Å². The van der Waals surface area contributed by atoms with Gasteiger partial charge < -0.3 is 15.1 Å². The third kappa shape index (κ3) is 3.33. The van der Waals surface area contributed by atoms with E-state index in [1.165, 1.54) is 11.1 Å².